The molecule has 1 atom stereocenters. The zero-order chi connectivity index (χ0) is 12.3. The Labute approximate surface area is 104 Å². The Morgan fingerprint density at radius 3 is 2.82 bits per heavy atom. The molecular formula is C15H21NO. The molecule has 1 aromatic rings. The molecule has 1 saturated heterocycles. The van der Waals surface area contributed by atoms with Crippen LogP contribution in [0.2, 0.25) is 0 Å². The minimum Gasteiger partial charge on any atom is -0.336 e. The van der Waals surface area contributed by atoms with Gasteiger partial charge in [-0.15, -0.1) is 0 Å². The van der Waals surface area contributed by atoms with E-state index >= 15 is 0 Å². The van der Waals surface area contributed by atoms with Gasteiger partial charge < -0.3 is 4.90 Å². The molecule has 1 aromatic carbocycles. The van der Waals surface area contributed by atoms with Gasteiger partial charge in [0.15, 0.2) is 0 Å². The van der Waals surface area contributed by atoms with E-state index in [-0.39, 0.29) is 5.91 Å². The molecule has 1 aliphatic heterocycles. The molecule has 1 heterocycles. The minimum absolute atomic E-state index is 0.217. The lowest BCUT2D eigenvalue weighted by Gasteiger charge is -2.35. The number of hydrogen-bond donors (Lipinski definition) is 0. The number of carbonyl (C=O) groups excluding carboxylic acids is 1. The average Bonchev–Trinajstić information content (AvgIpc) is 2.38. The van der Waals surface area contributed by atoms with Gasteiger partial charge in [-0.3, -0.25) is 4.79 Å². The van der Waals surface area contributed by atoms with Crippen molar-refractivity contribution in [1.29, 1.82) is 0 Å². The first kappa shape index (κ1) is 12.2. The van der Waals surface area contributed by atoms with Gasteiger partial charge in [0.2, 0.25) is 0 Å². The molecule has 2 heteroatoms. The zero-order valence-corrected chi connectivity index (χ0v) is 10.8. The summed E-state index contributed by atoms with van der Waals surface area (Å²) >= 11 is 0. The molecule has 0 saturated carbocycles. The first-order valence-corrected chi connectivity index (χ1v) is 6.60. The number of nitrogens with zero attached hydrogens (tertiary/aromatic N) is 1. The van der Waals surface area contributed by atoms with Crippen LogP contribution in [0.25, 0.3) is 0 Å². The van der Waals surface area contributed by atoms with E-state index in [2.05, 4.69) is 11.8 Å². The lowest BCUT2D eigenvalue weighted by Crippen LogP contribution is -2.43. The highest BCUT2D eigenvalue weighted by Crippen LogP contribution is 2.22. The molecule has 1 amide bonds. The zero-order valence-electron chi connectivity index (χ0n) is 10.8. The number of carbonyl (C=O) groups is 1. The van der Waals surface area contributed by atoms with Crippen molar-refractivity contribution in [3.05, 3.63) is 35.4 Å². The fourth-order valence-electron chi connectivity index (χ4n) is 2.66. The summed E-state index contributed by atoms with van der Waals surface area (Å²) < 4.78 is 0. The molecule has 0 spiro atoms. The summed E-state index contributed by atoms with van der Waals surface area (Å²) in [4.78, 5) is 14.6. The van der Waals surface area contributed by atoms with E-state index < -0.39 is 0 Å². The largest absolute Gasteiger partial charge is 0.336 e. The monoisotopic (exact) mass is 231 g/mol. The van der Waals surface area contributed by atoms with Crippen LogP contribution in [0.1, 0.15) is 48.5 Å². The van der Waals surface area contributed by atoms with Gasteiger partial charge in [0.05, 0.1) is 0 Å². The molecule has 0 radical (unpaired) electrons. The SMILES string of the molecule is CCC1CCCCN1C(=O)c1ccccc1C. The van der Waals surface area contributed by atoms with E-state index in [4.69, 9.17) is 0 Å². The second-order valence-corrected chi connectivity index (χ2v) is 4.87. The van der Waals surface area contributed by atoms with Crippen molar-refractivity contribution >= 4 is 5.91 Å². The standard InChI is InChI=1S/C15H21NO/c1-3-13-9-6-7-11-16(13)15(17)14-10-5-4-8-12(14)2/h4-5,8,10,13H,3,6-7,9,11H2,1-2H3. The molecule has 2 nitrogen and oxygen atoms in total. The maximum Gasteiger partial charge on any atom is 0.254 e. The second-order valence-electron chi connectivity index (χ2n) is 4.87. The van der Waals surface area contributed by atoms with Crippen molar-refractivity contribution < 1.29 is 4.79 Å². The molecule has 1 aliphatic rings. The van der Waals surface area contributed by atoms with Crippen molar-refractivity contribution in [2.45, 2.75) is 45.6 Å². The summed E-state index contributed by atoms with van der Waals surface area (Å²) in [7, 11) is 0. The number of piperidine rings is 1. The Bertz CT molecular complexity index is 400. The second kappa shape index (κ2) is 5.35. The van der Waals surface area contributed by atoms with Gasteiger partial charge in [-0.05, 0) is 44.2 Å². The van der Waals surface area contributed by atoms with Gasteiger partial charge in [-0.25, -0.2) is 0 Å². The fourth-order valence-corrected chi connectivity index (χ4v) is 2.66. The summed E-state index contributed by atoms with van der Waals surface area (Å²) in [5.41, 5.74) is 1.95. The van der Waals surface area contributed by atoms with Gasteiger partial charge in [-0.1, -0.05) is 25.1 Å². The Hall–Kier alpha value is -1.31. The minimum atomic E-state index is 0.217. The summed E-state index contributed by atoms with van der Waals surface area (Å²) in [6, 6.07) is 8.33. The lowest BCUT2D eigenvalue weighted by atomic mass is 9.98. The molecule has 0 aromatic heterocycles. The number of rotatable bonds is 2. The van der Waals surface area contributed by atoms with Gasteiger partial charge in [0, 0.05) is 18.2 Å². The summed E-state index contributed by atoms with van der Waals surface area (Å²) in [5, 5.41) is 0. The van der Waals surface area contributed by atoms with E-state index in [1.165, 1.54) is 6.42 Å². The van der Waals surface area contributed by atoms with Crippen LogP contribution in [-0.4, -0.2) is 23.4 Å². The van der Waals surface area contributed by atoms with E-state index in [0.717, 1.165) is 36.9 Å². The Balaban J connectivity index is 2.21. The summed E-state index contributed by atoms with van der Waals surface area (Å²) in [6.07, 6.45) is 4.63. The molecule has 0 N–H and O–H groups in total. The predicted octanol–water partition coefficient (Wildman–Crippen LogP) is 3.40. The third-order valence-corrected chi connectivity index (χ3v) is 3.73. The smallest absolute Gasteiger partial charge is 0.254 e. The van der Waals surface area contributed by atoms with Crippen molar-refractivity contribution in [2.75, 3.05) is 6.54 Å². The van der Waals surface area contributed by atoms with Crippen LogP contribution in [0.3, 0.4) is 0 Å². The number of amides is 1. The van der Waals surface area contributed by atoms with E-state index in [1.807, 2.05) is 31.2 Å². The van der Waals surface area contributed by atoms with Crippen LogP contribution in [0.4, 0.5) is 0 Å². The van der Waals surface area contributed by atoms with Gasteiger partial charge >= 0.3 is 0 Å². The van der Waals surface area contributed by atoms with Crippen LogP contribution in [0.5, 0.6) is 0 Å². The summed E-state index contributed by atoms with van der Waals surface area (Å²) in [5.74, 6) is 0.217. The van der Waals surface area contributed by atoms with Crippen molar-refractivity contribution in [3.8, 4) is 0 Å². The maximum atomic E-state index is 12.5. The Kier molecular flexibility index (Phi) is 3.82. The van der Waals surface area contributed by atoms with Gasteiger partial charge in [0.25, 0.3) is 5.91 Å². The normalized spacial score (nSPS) is 20.4. The van der Waals surface area contributed by atoms with Crippen LogP contribution < -0.4 is 0 Å². The highest BCUT2D eigenvalue weighted by molar-refractivity contribution is 5.95. The number of likely N-dealkylation sites (tertiary alicyclic amines) is 1. The van der Waals surface area contributed by atoms with Gasteiger partial charge in [-0.2, -0.15) is 0 Å². The molecule has 92 valence electrons. The summed E-state index contributed by atoms with van der Waals surface area (Å²) in [6.45, 7) is 5.11. The third-order valence-electron chi connectivity index (χ3n) is 3.73. The first-order chi connectivity index (χ1) is 8.24. The molecule has 1 fully saturated rings. The van der Waals surface area contributed by atoms with Crippen LogP contribution in [0.15, 0.2) is 24.3 Å². The van der Waals surface area contributed by atoms with Crippen LogP contribution >= 0.6 is 0 Å². The van der Waals surface area contributed by atoms with E-state index in [9.17, 15) is 4.79 Å². The Morgan fingerprint density at radius 2 is 2.12 bits per heavy atom. The number of aryl methyl sites for hydroxylation is 1. The quantitative estimate of drug-likeness (QED) is 0.764. The van der Waals surface area contributed by atoms with E-state index in [0.29, 0.717) is 6.04 Å². The maximum absolute atomic E-state index is 12.5. The fraction of sp³-hybridized carbons (Fsp3) is 0.533. The Morgan fingerprint density at radius 1 is 1.35 bits per heavy atom. The molecule has 0 bridgehead atoms. The van der Waals surface area contributed by atoms with E-state index in [1.54, 1.807) is 0 Å². The third kappa shape index (κ3) is 2.51. The molecular weight excluding hydrogens is 210 g/mol. The molecule has 0 aliphatic carbocycles. The topological polar surface area (TPSA) is 20.3 Å². The predicted molar refractivity (Wildman–Crippen MR) is 70.1 cm³/mol. The molecule has 17 heavy (non-hydrogen) atoms. The molecule has 2 rings (SSSR count). The van der Waals surface area contributed by atoms with Crippen LogP contribution in [0, 0.1) is 6.92 Å². The highest BCUT2D eigenvalue weighted by Gasteiger charge is 2.26. The average molecular weight is 231 g/mol. The first-order valence-electron chi connectivity index (χ1n) is 6.60. The van der Waals surface area contributed by atoms with Gasteiger partial charge in [0.1, 0.15) is 0 Å². The highest BCUT2D eigenvalue weighted by atomic mass is 16.2. The van der Waals surface area contributed by atoms with Crippen molar-refractivity contribution in [1.82, 2.24) is 4.90 Å². The lowest BCUT2D eigenvalue weighted by molar-refractivity contribution is 0.0607. The number of hydrogen-bond acceptors (Lipinski definition) is 1. The van der Waals surface area contributed by atoms with Crippen LogP contribution in [-0.2, 0) is 0 Å². The van der Waals surface area contributed by atoms with Crippen molar-refractivity contribution in [3.63, 3.8) is 0 Å². The molecule has 1 unspecified atom stereocenters. The number of benzene rings is 1. The van der Waals surface area contributed by atoms with Crippen molar-refractivity contribution in [2.24, 2.45) is 0 Å².